The summed E-state index contributed by atoms with van der Waals surface area (Å²) in [6.45, 7) is 2.09. The van der Waals surface area contributed by atoms with Crippen LogP contribution < -0.4 is 5.56 Å². The Kier molecular flexibility index (Phi) is 3.85. The number of aromatic amines is 1. The van der Waals surface area contributed by atoms with Crippen LogP contribution in [0.15, 0.2) is 58.1 Å². The predicted octanol–water partition coefficient (Wildman–Crippen LogP) is 3.07. The summed E-state index contributed by atoms with van der Waals surface area (Å²) < 4.78 is 5.36. The van der Waals surface area contributed by atoms with Crippen LogP contribution in [0.5, 0.6) is 0 Å². The van der Waals surface area contributed by atoms with Crippen LogP contribution >= 0.6 is 0 Å². The first-order valence-corrected chi connectivity index (χ1v) is 8.05. The first kappa shape index (κ1) is 15.3. The van der Waals surface area contributed by atoms with Crippen LogP contribution in [0.25, 0.3) is 22.3 Å². The van der Waals surface area contributed by atoms with Crippen molar-refractivity contribution in [3.63, 3.8) is 0 Å². The summed E-state index contributed by atoms with van der Waals surface area (Å²) in [7, 11) is 0. The van der Waals surface area contributed by atoms with Gasteiger partial charge in [-0.05, 0) is 42.7 Å². The molecule has 0 amide bonds. The van der Waals surface area contributed by atoms with Gasteiger partial charge in [-0.25, -0.2) is 4.98 Å². The van der Waals surface area contributed by atoms with E-state index in [1.807, 2.05) is 18.2 Å². The summed E-state index contributed by atoms with van der Waals surface area (Å²) in [6.07, 6.45) is 2.91. The van der Waals surface area contributed by atoms with Gasteiger partial charge in [0, 0.05) is 12.0 Å². The van der Waals surface area contributed by atoms with Crippen molar-refractivity contribution in [3.8, 4) is 11.4 Å². The Labute approximate surface area is 143 Å². The number of hydrogen-bond acceptors (Lipinski definition) is 5. The largest absolute Gasteiger partial charge is 0.339 e. The monoisotopic (exact) mass is 332 g/mol. The molecule has 0 bridgehead atoms. The van der Waals surface area contributed by atoms with Crippen molar-refractivity contribution in [3.05, 3.63) is 76.2 Å². The third-order valence-electron chi connectivity index (χ3n) is 4.24. The average molecular weight is 332 g/mol. The average Bonchev–Trinajstić information content (AvgIpc) is 3.10. The highest BCUT2D eigenvalue weighted by Gasteiger charge is 2.11. The number of rotatable bonds is 4. The Morgan fingerprint density at radius 1 is 1.12 bits per heavy atom. The molecule has 0 aliphatic rings. The van der Waals surface area contributed by atoms with Gasteiger partial charge in [-0.3, -0.25) is 4.79 Å². The molecule has 25 heavy (non-hydrogen) atoms. The van der Waals surface area contributed by atoms with Crippen molar-refractivity contribution in [2.75, 3.05) is 0 Å². The summed E-state index contributed by atoms with van der Waals surface area (Å²) in [5.74, 6) is 1.06. The fraction of sp³-hybridized carbons (Fsp3) is 0.158. The van der Waals surface area contributed by atoms with Crippen molar-refractivity contribution < 1.29 is 4.52 Å². The summed E-state index contributed by atoms with van der Waals surface area (Å²) in [5, 5.41) is 4.54. The second-order valence-electron chi connectivity index (χ2n) is 5.90. The van der Waals surface area contributed by atoms with Crippen LogP contribution in [0.3, 0.4) is 0 Å². The van der Waals surface area contributed by atoms with Gasteiger partial charge in [-0.15, -0.1) is 0 Å². The number of aryl methyl sites for hydroxylation is 3. The molecule has 0 aliphatic heterocycles. The molecule has 2 aromatic carbocycles. The van der Waals surface area contributed by atoms with Crippen LogP contribution in [-0.4, -0.2) is 20.1 Å². The number of H-pyrrole nitrogens is 1. The number of nitrogens with zero attached hydrogens (tertiary/aromatic N) is 3. The molecule has 0 atom stereocenters. The second-order valence-corrected chi connectivity index (χ2v) is 5.90. The lowest BCUT2D eigenvalue weighted by Crippen LogP contribution is -2.06. The van der Waals surface area contributed by atoms with Crippen molar-refractivity contribution in [2.45, 2.75) is 19.8 Å². The smallest absolute Gasteiger partial charge is 0.258 e. The molecule has 4 aromatic rings. The van der Waals surface area contributed by atoms with Gasteiger partial charge in [-0.1, -0.05) is 29.4 Å². The van der Waals surface area contributed by atoms with Crippen molar-refractivity contribution in [1.29, 1.82) is 0 Å². The van der Waals surface area contributed by atoms with E-state index in [1.54, 1.807) is 12.1 Å². The van der Waals surface area contributed by atoms with Gasteiger partial charge in [0.25, 0.3) is 5.56 Å². The molecule has 0 saturated heterocycles. The number of benzene rings is 2. The predicted molar refractivity (Wildman–Crippen MR) is 94.2 cm³/mol. The lowest BCUT2D eigenvalue weighted by atomic mass is 10.0. The normalized spacial score (nSPS) is 11.1. The number of nitrogens with one attached hydrogen (secondary N) is 1. The highest BCUT2D eigenvalue weighted by atomic mass is 16.5. The number of hydrogen-bond donors (Lipinski definition) is 1. The molecular weight excluding hydrogens is 316 g/mol. The van der Waals surface area contributed by atoms with Gasteiger partial charge < -0.3 is 9.51 Å². The molecule has 4 rings (SSSR count). The minimum Gasteiger partial charge on any atom is -0.339 e. The molecule has 0 saturated carbocycles. The zero-order chi connectivity index (χ0) is 17.2. The van der Waals surface area contributed by atoms with Gasteiger partial charge in [0.1, 0.15) is 0 Å². The molecule has 0 spiro atoms. The highest BCUT2D eigenvalue weighted by molar-refractivity contribution is 5.82. The van der Waals surface area contributed by atoms with E-state index in [4.69, 9.17) is 4.52 Å². The number of fused-ring (bicyclic) bond motifs is 1. The Morgan fingerprint density at radius 3 is 2.88 bits per heavy atom. The van der Waals surface area contributed by atoms with Crippen molar-refractivity contribution in [2.24, 2.45) is 0 Å². The summed E-state index contributed by atoms with van der Waals surface area (Å²) in [4.78, 5) is 23.1. The molecule has 0 unspecified atom stereocenters. The van der Waals surface area contributed by atoms with E-state index in [-0.39, 0.29) is 5.56 Å². The molecule has 124 valence electrons. The van der Waals surface area contributed by atoms with Gasteiger partial charge >= 0.3 is 0 Å². The molecular formula is C19H16N4O2. The minimum atomic E-state index is -0.185. The van der Waals surface area contributed by atoms with Crippen LogP contribution in [0.1, 0.15) is 17.0 Å². The van der Waals surface area contributed by atoms with E-state index < -0.39 is 0 Å². The highest BCUT2D eigenvalue weighted by Crippen LogP contribution is 2.20. The fourth-order valence-electron chi connectivity index (χ4n) is 2.81. The number of aromatic nitrogens is 4. The first-order chi connectivity index (χ1) is 12.2. The van der Waals surface area contributed by atoms with Crippen LogP contribution in [0.4, 0.5) is 0 Å². The molecule has 2 aromatic heterocycles. The third-order valence-corrected chi connectivity index (χ3v) is 4.24. The first-order valence-electron chi connectivity index (χ1n) is 8.05. The maximum Gasteiger partial charge on any atom is 0.258 e. The quantitative estimate of drug-likeness (QED) is 0.621. The Balaban J connectivity index is 1.58. The van der Waals surface area contributed by atoms with Crippen LogP contribution in [0, 0.1) is 6.92 Å². The molecule has 1 N–H and O–H groups in total. The Bertz CT molecular complexity index is 1100. The molecule has 6 heteroatoms. The van der Waals surface area contributed by atoms with Gasteiger partial charge in [0.15, 0.2) is 0 Å². The van der Waals surface area contributed by atoms with E-state index in [0.29, 0.717) is 29.0 Å². The maximum atomic E-state index is 11.9. The summed E-state index contributed by atoms with van der Waals surface area (Å²) >= 11 is 0. The van der Waals surface area contributed by atoms with Gasteiger partial charge in [0.2, 0.25) is 11.7 Å². The van der Waals surface area contributed by atoms with E-state index >= 15 is 0 Å². The van der Waals surface area contributed by atoms with Crippen molar-refractivity contribution >= 4 is 10.9 Å². The molecule has 6 nitrogen and oxygen atoms in total. The minimum absolute atomic E-state index is 0.185. The molecule has 0 aliphatic carbocycles. The third kappa shape index (κ3) is 3.06. The van der Waals surface area contributed by atoms with Crippen molar-refractivity contribution in [1.82, 2.24) is 20.1 Å². The summed E-state index contributed by atoms with van der Waals surface area (Å²) in [5.41, 5.74) is 3.71. The fourth-order valence-corrected chi connectivity index (χ4v) is 2.81. The van der Waals surface area contributed by atoms with E-state index in [9.17, 15) is 4.79 Å². The van der Waals surface area contributed by atoms with E-state index in [1.165, 1.54) is 17.5 Å². The van der Waals surface area contributed by atoms with Gasteiger partial charge in [0.05, 0.1) is 17.2 Å². The second kappa shape index (κ2) is 6.32. The maximum absolute atomic E-state index is 11.9. The SMILES string of the molecule is Cc1ccccc1CCc1nc(-c2ccc3nc[nH]c(=O)c3c2)no1. The van der Waals surface area contributed by atoms with E-state index in [0.717, 1.165) is 12.0 Å². The lowest BCUT2D eigenvalue weighted by molar-refractivity contribution is 0.379. The standard InChI is InChI=1S/C19H16N4O2/c1-12-4-2-3-5-13(12)7-9-17-22-18(23-25-17)14-6-8-16-15(10-14)19(24)21-11-20-16/h2-6,8,10-11H,7,9H2,1H3,(H,20,21,24). The Hall–Kier alpha value is -3.28. The molecule has 0 fully saturated rings. The topological polar surface area (TPSA) is 84.7 Å². The Morgan fingerprint density at radius 2 is 2.00 bits per heavy atom. The van der Waals surface area contributed by atoms with Gasteiger partial charge in [-0.2, -0.15) is 4.98 Å². The lowest BCUT2D eigenvalue weighted by Gasteiger charge is -2.02. The molecule has 2 heterocycles. The summed E-state index contributed by atoms with van der Waals surface area (Å²) in [6, 6.07) is 13.6. The van der Waals surface area contributed by atoms with Crippen LogP contribution in [0.2, 0.25) is 0 Å². The van der Waals surface area contributed by atoms with E-state index in [2.05, 4.69) is 39.2 Å². The zero-order valence-electron chi connectivity index (χ0n) is 13.7. The van der Waals surface area contributed by atoms with Crippen LogP contribution in [-0.2, 0) is 12.8 Å². The molecule has 0 radical (unpaired) electrons. The zero-order valence-corrected chi connectivity index (χ0v) is 13.7.